The highest BCUT2D eigenvalue weighted by molar-refractivity contribution is 5.98. The summed E-state index contributed by atoms with van der Waals surface area (Å²) < 4.78 is 11.9. The molecule has 1 unspecified atom stereocenters. The number of anilines is 1. The van der Waals surface area contributed by atoms with E-state index in [-0.39, 0.29) is 11.4 Å². The number of esters is 1. The van der Waals surface area contributed by atoms with Gasteiger partial charge in [-0.2, -0.15) is 5.10 Å². The van der Waals surface area contributed by atoms with Crippen molar-refractivity contribution < 1.29 is 23.9 Å². The molecule has 1 heterocycles. The largest absolute Gasteiger partial charge is 0.493 e. The first-order valence-corrected chi connectivity index (χ1v) is 9.00. The lowest BCUT2D eigenvalue weighted by atomic mass is 10.2. The quantitative estimate of drug-likeness (QED) is 0.577. The van der Waals surface area contributed by atoms with Gasteiger partial charge in [0.25, 0.3) is 5.91 Å². The number of methoxy groups -OCH3 is 1. The first-order valence-electron chi connectivity index (χ1n) is 9.00. The third-order valence-electron chi connectivity index (χ3n) is 4.20. The molecule has 3 rings (SSSR count). The predicted molar refractivity (Wildman–Crippen MR) is 109 cm³/mol. The summed E-state index contributed by atoms with van der Waals surface area (Å²) in [5.41, 5.74) is 6.61. The summed E-state index contributed by atoms with van der Waals surface area (Å²) in [5.74, 6) is -1.69. The fraction of sp³-hybridized carbons (Fsp3) is 0.143. The van der Waals surface area contributed by atoms with Gasteiger partial charge in [0.1, 0.15) is 0 Å². The maximum atomic E-state index is 12.5. The van der Waals surface area contributed by atoms with E-state index in [9.17, 15) is 14.4 Å². The Morgan fingerprint density at radius 3 is 2.33 bits per heavy atom. The fourth-order valence-corrected chi connectivity index (χ4v) is 2.59. The number of amides is 2. The van der Waals surface area contributed by atoms with Crippen molar-refractivity contribution in [3.05, 3.63) is 72.1 Å². The number of carbonyl (C=O) groups excluding carboxylic acids is 3. The Labute approximate surface area is 172 Å². The number of benzene rings is 2. The molecule has 0 bridgehead atoms. The van der Waals surface area contributed by atoms with Crippen molar-refractivity contribution in [3.8, 4) is 11.4 Å². The van der Waals surface area contributed by atoms with Crippen LogP contribution in [0.25, 0.3) is 5.69 Å². The van der Waals surface area contributed by atoms with Crippen molar-refractivity contribution in [2.45, 2.75) is 13.0 Å². The number of nitrogens with zero attached hydrogens (tertiary/aromatic N) is 2. The number of para-hydroxylation sites is 1. The van der Waals surface area contributed by atoms with Gasteiger partial charge in [0, 0.05) is 11.3 Å². The van der Waals surface area contributed by atoms with Gasteiger partial charge in [-0.1, -0.05) is 18.2 Å². The van der Waals surface area contributed by atoms with Gasteiger partial charge in [0.2, 0.25) is 11.6 Å². The van der Waals surface area contributed by atoms with Crippen LogP contribution >= 0.6 is 0 Å². The molecule has 0 radical (unpaired) electrons. The van der Waals surface area contributed by atoms with Crippen LogP contribution in [0.4, 0.5) is 5.69 Å². The second kappa shape index (κ2) is 8.91. The van der Waals surface area contributed by atoms with Gasteiger partial charge in [0.15, 0.2) is 11.9 Å². The molecule has 154 valence electrons. The topological polar surface area (TPSA) is 126 Å². The molecule has 3 N–H and O–H groups in total. The molecule has 1 aromatic heterocycles. The van der Waals surface area contributed by atoms with Crippen LogP contribution in [0.15, 0.2) is 60.8 Å². The SMILES string of the molecule is COc1cn(-c2ccccc2)nc1C(=O)OC(C)C(=O)Nc1ccc(C(N)=O)cc1. The lowest BCUT2D eigenvalue weighted by Gasteiger charge is -2.13. The van der Waals surface area contributed by atoms with Crippen molar-refractivity contribution in [1.29, 1.82) is 0 Å². The maximum absolute atomic E-state index is 12.5. The van der Waals surface area contributed by atoms with Crippen LogP contribution in [0.1, 0.15) is 27.8 Å². The molecule has 1 atom stereocenters. The number of nitrogens with one attached hydrogen (secondary N) is 1. The first-order chi connectivity index (χ1) is 14.4. The van der Waals surface area contributed by atoms with Gasteiger partial charge in [-0.25, -0.2) is 9.48 Å². The minimum Gasteiger partial charge on any atom is -0.493 e. The van der Waals surface area contributed by atoms with E-state index in [4.69, 9.17) is 15.2 Å². The molecule has 2 aromatic carbocycles. The summed E-state index contributed by atoms with van der Waals surface area (Å²) in [5, 5.41) is 6.81. The lowest BCUT2D eigenvalue weighted by Crippen LogP contribution is -2.30. The van der Waals surface area contributed by atoms with Crippen LogP contribution in [-0.2, 0) is 9.53 Å². The molecule has 0 spiro atoms. The van der Waals surface area contributed by atoms with Crippen molar-refractivity contribution >= 4 is 23.5 Å². The van der Waals surface area contributed by atoms with Crippen LogP contribution < -0.4 is 15.8 Å². The summed E-state index contributed by atoms with van der Waals surface area (Å²) >= 11 is 0. The average molecular weight is 408 g/mol. The predicted octanol–water partition coefficient (Wildman–Crippen LogP) is 2.16. The number of rotatable bonds is 7. The Morgan fingerprint density at radius 2 is 1.73 bits per heavy atom. The van der Waals surface area contributed by atoms with E-state index in [1.807, 2.05) is 30.3 Å². The molecule has 0 saturated heterocycles. The fourth-order valence-electron chi connectivity index (χ4n) is 2.59. The summed E-state index contributed by atoms with van der Waals surface area (Å²) in [4.78, 5) is 36.0. The lowest BCUT2D eigenvalue weighted by molar-refractivity contribution is -0.123. The highest BCUT2D eigenvalue weighted by atomic mass is 16.6. The number of aromatic nitrogens is 2. The molecule has 0 fully saturated rings. The molecule has 2 amide bonds. The Morgan fingerprint density at radius 1 is 1.07 bits per heavy atom. The zero-order chi connectivity index (χ0) is 21.7. The molecular weight excluding hydrogens is 388 g/mol. The molecular formula is C21H20N4O5. The van der Waals surface area contributed by atoms with Gasteiger partial charge in [0.05, 0.1) is 19.0 Å². The number of ether oxygens (including phenoxy) is 2. The van der Waals surface area contributed by atoms with Crippen molar-refractivity contribution in [3.63, 3.8) is 0 Å². The minimum absolute atomic E-state index is 0.0492. The monoisotopic (exact) mass is 408 g/mol. The van der Waals surface area contributed by atoms with Crippen molar-refractivity contribution in [2.75, 3.05) is 12.4 Å². The van der Waals surface area contributed by atoms with Gasteiger partial charge in [-0.15, -0.1) is 0 Å². The Balaban J connectivity index is 1.68. The second-order valence-electron chi connectivity index (χ2n) is 6.30. The Bertz CT molecular complexity index is 1060. The molecule has 3 aromatic rings. The Hall–Kier alpha value is -4.14. The van der Waals surface area contributed by atoms with E-state index in [0.29, 0.717) is 11.3 Å². The van der Waals surface area contributed by atoms with Crippen molar-refractivity contribution in [2.24, 2.45) is 5.73 Å². The summed E-state index contributed by atoms with van der Waals surface area (Å²) in [6.07, 6.45) is 0.455. The molecule has 0 aliphatic rings. The minimum atomic E-state index is -1.10. The van der Waals surface area contributed by atoms with E-state index in [2.05, 4.69) is 10.4 Å². The van der Waals surface area contributed by atoms with E-state index >= 15 is 0 Å². The first kappa shape index (κ1) is 20.6. The van der Waals surface area contributed by atoms with Gasteiger partial charge in [-0.3, -0.25) is 9.59 Å². The third-order valence-corrected chi connectivity index (χ3v) is 4.20. The van der Waals surface area contributed by atoms with E-state index < -0.39 is 23.9 Å². The van der Waals surface area contributed by atoms with Gasteiger partial charge < -0.3 is 20.5 Å². The number of hydrogen-bond donors (Lipinski definition) is 2. The standard InChI is InChI=1S/C21H20N4O5/c1-13(20(27)23-15-10-8-14(9-11-15)19(22)26)30-21(28)18-17(29-2)12-25(24-18)16-6-4-3-5-7-16/h3-13H,1-2H3,(H2,22,26)(H,23,27). The smallest absolute Gasteiger partial charge is 0.363 e. The molecule has 30 heavy (non-hydrogen) atoms. The summed E-state index contributed by atoms with van der Waals surface area (Å²) in [6, 6.07) is 15.2. The van der Waals surface area contributed by atoms with Crippen LogP contribution in [0, 0.1) is 0 Å². The average Bonchev–Trinajstić information content (AvgIpc) is 3.19. The van der Waals surface area contributed by atoms with E-state index in [1.165, 1.54) is 43.0 Å². The molecule has 0 saturated carbocycles. The van der Waals surface area contributed by atoms with Gasteiger partial charge >= 0.3 is 5.97 Å². The second-order valence-corrected chi connectivity index (χ2v) is 6.30. The number of carbonyl (C=O) groups is 3. The van der Waals surface area contributed by atoms with Crippen molar-refractivity contribution in [1.82, 2.24) is 9.78 Å². The van der Waals surface area contributed by atoms with E-state index in [1.54, 1.807) is 6.20 Å². The highest BCUT2D eigenvalue weighted by Crippen LogP contribution is 2.21. The van der Waals surface area contributed by atoms with Crippen LogP contribution in [0.2, 0.25) is 0 Å². The zero-order valence-electron chi connectivity index (χ0n) is 16.4. The molecule has 0 aliphatic carbocycles. The van der Waals surface area contributed by atoms with Crippen LogP contribution in [0.3, 0.4) is 0 Å². The normalized spacial score (nSPS) is 11.4. The van der Waals surface area contributed by atoms with Crippen LogP contribution in [0.5, 0.6) is 5.75 Å². The number of primary amides is 1. The summed E-state index contributed by atoms with van der Waals surface area (Å²) in [6.45, 7) is 1.44. The maximum Gasteiger partial charge on any atom is 0.363 e. The molecule has 9 nitrogen and oxygen atoms in total. The van der Waals surface area contributed by atoms with Crippen LogP contribution in [-0.4, -0.2) is 40.8 Å². The highest BCUT2D eigenvalue weighted by Gasteiger charge is 2.25. The summed E-state index contributed by atoms with van der Waals surface area (Å²) in [7, 11) is 1.41. The molecule has 0 aliphatic heterocycles. The van der Waals surface area contributed by atoms with E-state index in [0.717, 1.165) is 5.69 Å². The number of nitrogens with two attached hydrogens (primary N) is 1. The zero-order valence-corrected chi connectivity index (χ0v) is 16.4. The van der Waals surface area contributed by atoms with Gasteiger partial charge in [-0.05, 0) is 43.3 Å². The Kier molecular flexibility index (Phi) is 6.11. The molecule has 9 heteroatoms. The third kappa shape index (κ3) is 4.64. The number of hydrogen-bond acceptors (Lipinski definition) is 6.